The van der Waals surface area contributed by atoms with Crippen molar-refractivity contribution >= 4 is 11.9 Å². The highest BCUT2D eigenvalue weighted by Gasteiger charge is 2.23. The van der Waals surface area contributed by atoms with Crippen LogP contribution in [0.3, 0.4) is 0 Å². The summed E-state index contributed by atoms with van der Waals surface area (Å²) < 4.78 is 5.83. The Hall–Kier alpha value is -4.00. The zero-order valence-electron chi connectivity index (χ0n) is 43.7. The zero-order chi connectivity index (χ0) is 49.5. The fraction of sp³-hybridized carbons (Fsp3) is 0.613. The van der Waals surface area contributed by atoms with Gasteiger partial charge in [0, 0.05) is 6.42 Å². The van der Waals surface area contributed by atoms with E-state index in [0.29, 0.717) is 19.3 Å². The molecule has 68 heavy (non-hydrogen) atoms. The van der Waals surface area contributed by atoms with Crippen molar-refractivity contribution in [3.05, 3.63) is 134 Å². The number of aliphatic hydroxyl groups excluding tert-OH is 2. The highest BCUT2D eigenvalue weighted by Crippen LogP contribution is 2.16. The smallest absolute Gasteiger partial charge is 0.306 e. The molecule has 0 aliphatic heterocycles. The molecule has 0 aliphatic carbocycles. The van der Waals surface area contributed by atoms with E-state index in [-0.39, 0.29) is 24.9 Å². The molecule has 384 valence electrons. The summed E-state index contributed by atoms with van der Waals surface area (Å²) in [6.07, 6.45) is 76.7. The molecule has 0 saturated carbocycles. The van der Waals surface area contributed by atoms with Crippen molar-refractivity contribution < 1.29 is 24.5 Å². The average molecular weight is 940 g/mol. The number of carbonyl (C=O) groups is 2. The normalized spacial score (nSPS) is 14.2. The van der Waals surface area contributed by atoms with E-state index in [1.165, 1.54) is 77.0 Å². The molecule has 0 aromatic rings. The van der Waals surface area contributed by atoms with Crippen molar-refractivity contribution in [2.75, 3.05) is 6.61 Å². The predicted octanol–water partition coefficient (Wildman–Crippen LogP) is 17.0. The van der Waals surface area contributed by atoms with E-state index in [4.69, 9.17) is 4.74 Å². The molecule has 0 spiro atoms. The second-order valence-electron chi connectivity index (χ2n) is 18.0. The van der Waals surface area contributed by atoms with Gasteiger partial charge in [-0.3, -0.25) is 9.59 Å². The van der Waals surface area contributed by atoms with Gasteiger partial charge in [-0.15, -0.1) is 0 Å². The first kappa shape index (κ1) is 64.0. The maximum absolute atomic E-state index is 13.2. The highest BCUT2D eigenvalue weighted by atomic mass is 16.5. The van der Waals surface area contributed by atoms with Crippen LogP contribution in [-0.4, -0.2) is 46.9 Å². The molecule has 0 saturated heterocycles. The van der Waals surface area contributed by atoms with Gasteiger partial charge in [0.25, 0.3) is 0 Å². The van der Waals surface area contributed by atoms with Gasteiger partial charge < -0.3 is 20.3 Å². The van der Waals surface area contributed by atoms with Crippen LogP contribution in [0.5, 0.6) is 0 Å². The Morgan fingerprint density at radius 1 is 0.471 bits per heavy atom. The van der Waals surface area contributed by atoms with E-state index in [1.54, 1.807) is 6.08 Å². The van der Waals surface area contributed by atoms with Crippen molar-refractivity contribution in [3.8, 4) is 0 Å². The van der Waals surface area contributed by atoms with E-state index in [9.17, 15) is 19.8 Å². The van der Waals surface area contributed by atoms with E-state index < -0.39 is 18.2 Å². The summed E-state index contributed by atoms with van der Waals surface area (Å²) in [4.78, 5) is 26.2. The molecule has 0 bridgehead atoms. The zero-order valence-corrected chi connectivity index (χ0v) is 43.7. The molecule has 3 unspecified atom stereocenters. The van der Waals surface area contributed by atoms with Crippen molar-refractivity contribution in [2.45, 2.75) is 238 Å². The number of hydrogen-bond acceptors (Lipinski definition) is 5. The highest BCUT2D eigenvalue weighted by molar-refractivity contribution is 5.78. The monoisotopic (exact) mass is 940 g/mol. The van der Waals surface area contributed by atoms with Gasteiger partial charge in [0.05, 0.1) is 25.2 Å². The number of amides is 1. The molecule has 6 heteroatoms. The molecule has 6 nitrogen and oxygen atoms in total. The third-order valence-electron chi connectivity index (χ3n) is 11.6. The van der Waals surface area contributed by atoms with Gasteiger partial charge in [-0.25, -0.2) is 0 Å². The Morgan fingerprint density at radius 3 is 1.38 bits per heavy atom. The topological polar surface area (TPSA) is 95.9 Å². The Balaban J connectivity index is 4.83. The van der Waals surface area contributed by atoms with Gasteiger partial charge in [0.15, 0.2) is 0 Å². The fourth-order valence-corrected chi connectivity index (χ4v) is 7.46. The van der Waals surface area contributed by atoms with Gasteiger partial charge in [-0.1, -0.05) is 264 Å². The fourth-order valence-electron chi connectivity index (χ4n) is 7.46. The lowest BCUT2D eigenvalue weighted by Crippen LogP contribution is -2.46. The Labute approximate surface area is 418 Å². The molecule has 0 aromatic heterocycles. The second kappa shape index (κ2) is 53.9. The van der Waals surface area contributed by atoms with Crippen LogP contribution in [0.1, 0.15) is 220 Å². The van der Waals surface area contributed by atoms with E-state index >= 15 is 0 Å². The number of esters is 1. The number of unbranched alkanes of at least 4 members (excludes halogenated alkanes) is 19. The Morgan fingerprint density at radius 2 is 0.897 bits per heavy atom. The molecule has 0 rings (SSSR count). The maximum atomic E-state index is 13.2. The summed E-state index contributed by atoms with van der Waals surface area (Å²) in [6, 6.07) is -0.759. The number of aliphatic hydroxyl groups is 2. The van der Waals surface area contributed by atoms with Crippen LogP contribution in [-0.2, 0) is 14.3 Å². The molecule has 3 atom stereocenters. The van der Waals surface area contributed by atoms with Gasteiger partial charge >= 0.3 is 5.97 Å². The molecular weight excluding hydrogens is 839 g/mol. The third-order valence-corrected chi connectivity index (χ3v) is 11.6. The van der Waals surface area contributed by atoms with Crippen LogP contribution in [0.4, 0.5) is 0 Å². The van der Waals surface area contributed by atoms with Crippen LogP contribution < -0.4 is 5.32 Å². The van der Waals surface area contributed by atoms with Crippen molar-refractivity contribution in [1.82, 2.24) is 5.32 Å². The molecule has 0 heterocycles. The summed E-state index contributed by atoms with van der Waals surface area (Å²) in [6.45, 7) is 6.24. The first-order valence-electron chi connectivity index (χ1n) is 27.5. The lowest BCUT2D eigenvalue weighted by Gasteiger charge is -2.23. The van der Waals surface area contributed by atoms with Crippen LogP contribution in [0, 0.1) is 0 Å². The molecule has 0 radical (unpaired) electrons. The molecule has 0 aromatic carbocycles. The molecule has 0 fully saturated rings. The third kappa shape index (κ3) is 48.5. The first-order chi connectivity index (χ1) is 33.5. The summed E-state index contributed by atoms with van der Waals surface area (Å²) in [5.74, 6) is -0.670. The maximum Gasteiger partial charge on any atom is 0.306 e. The number of nitrogens with one attached hydrogen (secondary N) is 1. The minimum absolute atomic E-state index is 0.0667. The number of allylic oxidation sites excluding steroid dienone is 21. The van der Waals surface area contributed by atoms with Crippen molar-refractivity contribution in [3.63, 3.8) is 0 Å². The van der Waals surface area contributed by atoms with Crippen molar-refractivity contribution in [1.29, 1.82) is 0 Å². The lowest BCUT2D eigenvalue weighted by molar-refractivity contribution is -0.148. The van der Waals surface area contributed by atoms with Crippen LogP contribution in [0.2, 0.25) is 0 Å². The van der Waals surface area contributed by atoms with Gasteiger partial charge in [-0.2, -0.15) is 0 Å². The van der Waals surface area contributed by atoms with Crippen LogP contribution in [0.25, 0.3) is 0 Å². The number of ether oxygens (including phenoxy) is 1. The Kier molecular flexibility index (Phi) is 50.8. The van der Waals surface area contributed by atoms with Crippen molar-refractivity contribution in [2.24, 2.45) is 0 Å². The van der Waals surface area contributed by atoms with Crippen LogP contribution >= 0.6 is 0 Å². The van der Waals surface area contributed by atoms with E-state index in [0.717, 1.165) is 96.3 Å². The van der Waals surface area contributed by atoms with Gasteiger partial charge in [0.1, 0.15) is 6.10 Å². The Bertz CT molecular complexity index is 1470. The summed E-state index contributed by atoms with van der Waals surface area (Å²) in [7, 11) is 0. The number of carbonyl (C=O) groups excluding carboxylic acids is 2. The summed E-state index contributed by atoms with van der Waals surface area (Å²) in [5, 5.41) is 23.8. The molecular formula is C62H101NO5. The first-order valence-corrected chi connectivity index (χ1v) is 27.5. The van der Waals surface area contributed by atoms with E-state index in [2.05, 4.69) is 123 Å². The van der Waals surface area contributed by atoms with Gasteiger partial charge in [-0.05, 0) is 76.7 Å². The lowest BCUT2D eigenvalue weighted by atomic mass is 10.0. The molecule has 3 N–H and O–H groups in total. The number of rotatable bonds is 47. The summed E-state index contributed by atoms with van der Waals surface area (Å²) >= 11 is 0. The minimum atomic E-state index is -0.834. The predicted molar refractivity (Wildman–Crippen MR) is 296 cm³/mol. The largest absolute Gasteiger partial charge is 0.458 e. The molecule has 0 aliphatic rings. The summed E-state index contributed by atoms with van der Waals surface area (Å²) in [5.41, 5.74) is 0. The molecule has 1 amide bonds. The quantitative estimate of drug-likeness (QED) is 0.0244. The standard InChI is InChI=1S/C62H101NO5/c1-4-7-10-13-16-19-22-25-28-30-32-34-37-40-43-46-49-52-55-62(67)68-58(53-50-47-44-41-38-35-33-31-29-26-23-20-17-14-11-8-5-2)56-61(66)63-59(57-64)60(65)54-51-48-45-42-39-36-27-24-21-18-15-12-9-6-3/h8,10-11,13,16-17,19-20,22,25-26,28-30,32-35,41,44,50,53,58-60,64-65H,4-7,9,12,14-15,18,21,23-24,27,31,36-40,42-43,45-49,51-52,54-57H2,1-3H3,(H,63,66)/b11-8-,13-10+,19-16+,20-17-,25-22+,29-26-,30-28+,34-32+,35-33-,44-41-,53-50-. The van der Waals surface area contributed by atoms with Gasteiger partial charge in [0.2, 0.25) is 5.91 Å². The van der Waals surface area contributed by atoms with E-state index in [1.807, 2.05) is 30.4 Å². The SMILES string of the molecule is CC/C=C\C/C=C\C/C=C\C/C=C\C/C=C\C/C=C\C(CC(=O)NC(CO)C(O)CCCCCCCCCCCCCCCC)OC(=O)CCCCCCC/C=C/C=C/C=C/C=C/C=C/CCC. The number of hydrogen-bond donors (Lipinski definition) is 3. The van der Waals surface area contributed by atoms with Crippen LogP contribution in [0.15, 0.2) is 134 Å². The average Bonchev–Trinajstić information content (AvgIpc) is 3.33. The minimum Gasteiger partial charge on any atom is -0.458 e. The second-order valence-corrected chi connectivity index (χ2v) is 18.0.